The predicted molar refractivity (Wildman–Crippen MR) is 114 cm³/mol. The molecule has 0 unspecified atom stereocenters. The van der Waals surface area contributed by atoms with Crippen molar-refractivity contribution in [3.05, 3.63) is 101 Å². The van der Waals surface area contributed by atoms with E-state index in [1.165, 1.54) is 24.3 Å². The van der Waals surface area contributed by atoms with Gasteiger partial charge >= 0.3 is 0 Å². The minimum absolute atomic E-state index is 0.103. The molecule has 1 aromatic heterocycles. The van der Waals surface area contributed by atoms with Crippen molar-refractivity contribution < 1.29 is 18.7 Å². The second-order valence-electron chi connectivity index (χ2n) is 6.97. The maximum absolute atomic E-state index is 13.0. The van der Waals surface area contributed by atoms with Crippen LogP contribution in [0.1, 0.15) is 38.8 Å². The number of aromatic amines is 1. The molecular formula is C25H20FNO3. The minimum atomic E-state index is -0.388. The highest BCUT2D eigenvalue weighted by Gasteiger charge is 2.15. The molecular weight excluding hydrogens is 381 g/mol. The molecule has 1 N–H and O–H groups in total. The van der Waals surface area contributed by atoms with E-state index < -0.39 is 0 Å². The van der Waals surface area contributed by atoms with Gasteiger partial charge in [0.2, 0.25) is 5.78 Å². The molecule has 5 heteroatoms. The zero-order valence-corrected chi connectivity index (χ0v) is 16.4. The number of para-hydroxylation sites is 1. The molecule has 0 atom stereocenters. The van der Waals surface area contributed by atoms with Crippen LogP contribution in [0.4, 0.5) is 4.39 Å². The van der Waals surface area contributed by atoms with E-state index in [4.69, 9.17) is 4.74 Å². The number of halogens is 1. The molecule has 4 rings (SSSR count). The first-order valence-electron chi connectivity index (χ1n) is 9.72. The van der Waals surface area contributed by atoms with Crippen molar-refractivity contribution in [2.45, 2.75) is 13.3 Å². The number of carbonyl (C=O) groups excluding carboxylic acids is 2. The largest absolute Gasteiger partial charge is 0.485 e. The first-order chi connectivity index (χ1) is 14.6. The fraction of sp³-hybridized carbons (Fsp3) is 0.120. The maximum Gasteiger partial charge on any atom is 0.202 e. The molecule has 0 aliphatic rings. The van der Waals surface area contributed by atoms with Crippen LogP contribution in [0.15, 0.2) is 72.9 Å². The molecule has 30 heavy (non-hydrogen) atoms. The Hall–Kier alpha value is -3.73. The lowest BCUT2D eigenvalue weighted by molar-refractivity contribution is 0.0922. The first kappa shape index (κ1) is 19.6. The Morgan fingerprint density at radius 3 is 2.27 bits per heavy atom. The summed E-state index contributed by atoms with van der Waals surface area (Å²) in [6.45, 7) is 1.97. The Bertz CT molecular complexity index is 1210. The van der Waals surface area contributed by atoms with Crippen LogP contribution in [0.25, 0.3) is 10.9 Å². The zero-order valence-electron chi connectivity index (χ0n) is 16.4. The van der Waals surface area contributed by atoms with Crippen LogP contribution >= 0.6 is 0 Å². The van der Waals surface area contributed by atoms with Gasteiger partial charge in [-0.05, 0) is 60.5 Å². The second kappa shape index (κ2) is 8.33. The average Bonchev–Trinajstić information content (AvgIpc) is 3.22. The maximum atomic E-state index is 13.0. The molecule has 4 nitrogen and oxygen atoms in total. The van der Waals surface area contributed by atoms with E-state index in [0.29, 0.717) is 22.4 Å². The molecule has 3 aromatic carbocycles. The fourth-order valence-electron chi connectivity index (χ4n) is 3.44. The van der Waals surface area contributed by atoms with Crippen LogP contribution in [-0.4, -0.2) is 23.2 Å². The number of ketones is 2. The van der Waals surface area contributed by atoms with E-state index in [2.05, 4.69) is 11.9 Å². The number of aromatic nitrogens is 1. The lowest BCUT2D eigenvalue weighted by Gasteiger charge is -2.07. The SMILES string of the molecule is CCc1cccc2c(C(=O)COc3ccc(C(=O)c4ccc(F)cc4)cc3)c[nH]c12. The average molecular weight is 401 g/mol. The van der Waals surface area contributed by atoms with E-state index in [1.807, 2.05) is 18.2 Å². The van der Waals surface area contributed by atoms with Gasteiger partial charge in [-0.3, -0.25) is 9.59 Å². The number of hydrogen-bond acceptors (Lipinski definition) is 3. The lowest BCUT2D eigenvalue weighted by atomic mass is 10.0. The highest BCUT2D eigenvalue weighted by molar-refractivity contribution is 6.09. The van der Waals surface area contributed by atoms with Crippen LogP contribution in [0.3, 0.4) is 0 Å². The summed E-state index contributed by atoms with van der Waals surface area (Å²) in [6.07, 6.45) is 2.60. The Morgan fingerprint density at radius 1 is 0.933 bits per heavy atom. The summed E-state index contributed by atoms with van der Waals surface area (Å²) in [4.78, 5) is 28.3. The van der Waals surface area contributed by atoms with Crippen LogP contribution in [0.2, 0.25) is 0 Å². The number of ether oxygens (including phenoxy) is 1. The molecule has 0 aliphatic carbocycles. The molecule has 1 heterocycles. The number of nitrogens with one attached hydrogen (secondary N) is 1. The standard InChI is InChI=1S/C25H20FNO3/c1-2-16-4-3-5-21-22(14-27-24(16)21)23(28)15-30-20-12-8-18(9-13-20)25(29)17-6-10-19(26)11-7-17/h3-14,27H,2,15H2,1H3. The number of benzene rings is 3. The van der Waals surface area contributed by atoms with Crippen molar-refractivity contribution in [1.29, 1.82) is 0 Å². The summed E-state index contributed by atoms with van der Waals surface area (Å²) in [5, 5.41) is 0.892. The summed E-state index contributed by atoms with van der Waals surface area (Å²) in [6, 6.07) is 17.9. The van der Waals surface area contributed by atoms with E-state index in [1.54, 1.807) is 30.5 Å². The third-order valence-corrected chi connectivity index (χ3v) is 5.08. The van der Waals surface area contributed by atoms with Gasteiger partial charge in [0.25, 0.3) is 0 Å². The smallest absolute Gasteiger partial charge is 0.202 e. The van der Waals surface area contributed by atoms with Crippen LogP contribution in [-0.2, 0) is 6.42 Å². The fourth-order valence-corrected chi connectivity index (χ4v) is 3.44. The van der Waals surface area contributed by atoms with Gasteiger partial charge in [-0.2, -0.15) is 0 Å². The first-order valence-corrected chi connectivity index (χ1v) is 9.72. The molecule has 4 aromatic rings. The number of hydrogen-bond donors (Lipinski definition) is 1. The number of H-pyrrole nitrogens is 1. The molecule has 0 spiro atoms. The van der Waals surface area contributed by atoms with Crippen molar-refractivity contribution in [2.75, 3.05) is 6.61 Å². The van der Waals surface area contributed by atoms with E-state index in [9.17, 15) is 14.0 Å². The van der Waals surface area contributed by atoms with Crippen molar-refractivity contribution >= 4 is 22.5 Å². The normalized spacial score (nSPS) is 10.9. The van der Waals surface area contributed by atoms with Crippen molar-refractivity contribution in [2.24, 2.45) is 0 Å². The van der Waals surface area contributed by atoms with Crippen molar-refractivity contribution in [3.8, 4) is 5.75 Å². The zero-order chi connectivity index (χ0) is 21.1. The number of rotatable bonds is 7. The molecule has 0 fully saturated rings. The van der Waals surface area contributed by atoms with Gasteiger partial charge in [0.15, 0.2) is 12.4 Å². The van der Waals surface area contributed by atoms with Crippen molar-refractivity contribution in [1.82, 2.24) is 4.98 Å². The van der Waals surface area contributed by atoms with Crippen LogP contribution in [0, 0.1) is 5.82 Å². The molecule has 0 aliphatic heterocycles. The highest BCUT2D eigenvalue weighted by Crippen LogP contribution is 2.23. The quantitative estimate of drug-likeness (QED) is 0.424. The minimum Gasteiger partial charge on any atom is -0.485 e. The summed E-state index contributed by atoms with van der Waals surface area (Å²) in [7, 11) is 0. The summed E-state index contributed by atoms with van der Waals surface area (Å²) in [5.41, 5.74) is 3.61. The number of aryl methyl sites for hydroxylation is 1. The summed E-state index contributed by atoms with van der Waals surface area (Å²) < 4.78 is 18.7. The molecule has 0 amide bonds. The summed E-state index contributed by atoms with van der Waals surface area (Å²) >= 11 is 0. The van der Waals surface area contributed by atoms with Gasteiger partial charge in [0, 0.05) is 33.8 Å². The van der Waals surface area contributed by atoms with Crippen molar-refractivity contribution in [3.63, 3.8) is 0 Å². The van der Waals surface area contributed by atoms with Gasteiger partial charge < -0.3 is 9.72 Å². The monoisotopic (exact) mass is 401 g/mol. The number of Topliss-reactive ketones (excluding diaryl/α,β-unsaturated/α-hetero) is 1. The van der Waals surface area contributed by atoms with Gasteiger partial charge in [-0.1, -0.05) is 25.1 Å². The number of carbonyl (C=O) groups is 2. The third kappa shape index (κ3) is 3.87. The summed E-state index contributed by atoms with van der Waals surface area (Å²) in [5.74, 6) is -0.224. The molecule has 150 valence electrons. The second-order valence-corrected chi connectivity index (χ2v) is 6.97. The molecule has 0 saturated heterocycles. The van der Waals surface area contributed by atoms with Gasteiger partial charge in [0.05, 0.1) is 0 Å². The molecule has 0 radical (unpaired) electrons. The van der Waals surface area contributed by atoms with E-state index >= 15 is 0 Å². The topological polar surface area (TPSA) is 59.2 Å². The molecule has 0 bridgehead atoms. The Morgan fingerprint density at radius 2 is 1.60 bits per heavy atom. The van der Waals surface area contributed by atoms with E-state index in [0.717, 1.165) is 22.9 Å². The Balaban J connectivity index is 1.44. The highest BCUT2D eigenvalue weighted by atomic mass is 19.1. The lowest BCUT2D eigenvalue weighted by Crippen LogP contribution is -2.11. The van der Waals surface area contributed by atoms with Crippen LogP contribution in [0.5, 0.6) is 5.75 Å². The van der Waals surface area contributed by atoms with Gasteiger partial charge in [0.1, 0.15) is 11.6 Å². The Kier molecular flexibility index (Phi) is 5.44. The van der Waals surface area contributed by atoms with Crippen LogP contribution < -0.4 is 4.74 Å². The predicted octanol–water partition coefficient (Wildman–Crippen LogP) is 5.36. The Labute approximate surface area is 173 Å². The number of fused-ring (bicyclic) bond motifs is 1. The molecule has 0 saturated carbocycles. The third-order valence-electron chi connectivity index (χ3n) is 5.08. The van der Waals surface area contributed by atoms with E-state index in [-0.39, 0.29) is 24.0 Å². The van der Waals surface area contributed by atoms with Gasteiger partial charge in [-0.25, -0.2) is 4.39 Å². The van der Waals surface area contributed by atoms with Gasteiger partial charge in [-0.15, -0.1) is 0 Å².